The summed E-state index contributed by atoms with van der Waals surface area (Å²) in [5.41, 5.74) is 1.42. The first-order chi connectivity index (χ1) is 11.0. The van der Waals surface area contributed by atoms with Crippen LogP contribution in [0.5, 0.6) is 0 Å². The summed E-state index contributed by atoms with van der Waals surface area (Å²) >= 11 is 41.1. The van der Waals surface area contributed by atoms with Crippen LogP contribution in [0.25, 0.3) is 11.4 Å². The van der Waals surface area contributed by atoms with Gasteiger partial charge in [-0.25, -0.2) is 15.0 Å². The van der Waals surface area contributed by atoms with E-state index in [4.69, 9.17) is 81.4 Å². The standard InChI is InChI=1S/C13H9Cl7N4/c1-2-24(20)8-5-3-7(4-6-8)9-21-10(12(14,15)16)23-11(22-9)13(17,18)19/h3-6H,2H2,1H3. The number of aromatic nitrogens is 3. The highest BCUT2D eigenvalue weighted by atomic mass is 35.6. The molecule has 0 saturated carbocycles. The molecular formula is C13H9Cl7N4. The number of alkyl halides is 6. The van der Waals surface area contributed by atoms with Crippen molar-refractivity contribution in [2.45, 2.75) is 14.5 Å². The summed E-state index contributed by atoms with van der Waals surface area (Å²) in [5, 5.41) is 0. The summed E-state index contributed by atoms with van der Waals surface area (Å²) in [6, 6.07) is 7.08. The molecule has 1 aromatic carbocycles. The first-order valence-electron chi connectivity index (χ1n) is 6.46. The average Bonchev–Trinajstić information content (AvgIpc) is 2.52. The Morgan fingerprint density at radius 2 is 1.29 bits per heavy atom. The number of hydrogen-bond acceptors (Lipinski definition) is 4. The fourth-order valence-electron chi connectivity index (χ4n) is 1.71. The molecule has 0 atom stereocenters. The topological polar surface area (TPSA) is 41.9 Å². The highest BCUT2D eigenvalue weighted by molar-refractivity contribution is 6.67. The molecule has 0 aliphatic carbocycles. The van der Waals surface area contributed by atoms with E-state index in [0.29, 0.717) is 12.1 Å². The second-order valence-electron chi connectivity index (χ2n) is 4.53. The second-order valence-corrected chi connectivity index (χ2v) is 9.50. The van der Waals surface area contributed by atoms with E-state index in [0.717, 1.165) is 5.69 Å². The molecule has 1 heterocycles. The van der Waals surface area contributed by atoms with Crippen LogP contribution in [-0.4, -0.2) is 21.5 Å². The van der Waals surface area contributed by atoms with Gasteiger partial charge in [-0.1, -0.05) is 69.6 Å². The van der Waals surface area contributed by atoms with Gasteiger partial charge in [0.25, 0.3) is 0 Å². The van der Waals surface area contributed by atoms with Crippen molar-refractivity contribution in [3.05, 3.63) is 35.9 Å². The van der Waals surface area contributed by atoms with Gasteiger partial charge < -0.3 is 0 Å². The lowest BCUT2D eigenvalue weighted by Crippen LogP contribution is -2.16. The molecule has 0 fully saturated rings. The Bertz CT molecular complexity index is 677. The predicted molar refractivity (Wildman–Crippen MR) is 103 cm³/mol. The van der Waals surface area contributed by atoms with Gasteiger partial charge >= 0.3 is 0 Å². The fourth-order valence-corrected chi connectivity index (χ4v) is 2.33. The Morgan fingerprint density at radius 3 is 1.67 bits per heavy atom. The van der Waals surface area contributed by atoms with Crippen LogP contribution in [0, 0.1) is 0 Å². The van der Waals surface area contributed by atoms with Crippen LogP contribution in [0.4, 0.5) is 5.69 Å². The van der Waals surface area contributed by atoms with Crippen molar-refractivity contribution < 1.29 is 0 Å². The summed E-state index contributed by atoms with van der Waals surface area (Å²) in [4.78, 5) is 12.2. The highest BCUT2D eigenvalue weighted by Crippen LogP contribution is 2.40. The number of benzene rings is 1. The third-order valence-electron chi connectivity index (χ3n) is 2.83. The summed E-state index contributed by atoms with van der Waals surface area (Å²) in [7, 11) is 0. The van der Waals surface area contributed by atoms with Gasteiger partial charge in [0.1, 0.15) is 0 Å². The van der Waals surface area contributed by atoms with Gasteiger partial charge in [-0.3, -0.25) is 4.42 Å². The molecule has 1 aromatic heterocycles. The first kappa shape index (κ1) is 20.4. The lowest BCUT2D eigenvalue weighted by molar-refractivity contribution is 0.851. The van der Waals surface area contributed by atoms with Crippen LogP contribution >= 0.6 is 81.4 Å². The van der Waals surface area contributed by atoms with E-state index in [-0.39, 0.29) is 17.5 Å². The van der Waals surface area contributed by atoms with Crippen molar-refractivity contribution in [3.63, 3.8) is 0 Å². The zero-order valence-corrected chi connectivity index (χ0v) is 17.2. The summed E-state index contributed by atoms with van der Waals surface area (Å²) in [6.07, 6.45) is 0. The van der Waals surface area contributed by atoms with Crippen LogP contribution in [-0.2, 0) is 7.59 Å². The molecule has 0 amide bonds. The van der Waals surface area contributed by atoms with Gasteiger partial charge in [0.2, 0.25) is 7.59 Å². The van der Waals surface area contributed by atoms with Crippen LogP contribution < -0.4 is 4.42 Å². The normalized spacial score (nSPS) is 12.3. The van der Waals surface area contributed by atoms with Crippen LogP contribution in [0.1, 0.15) is 18.6 Å². The van der Waals surface area contributed by atoms with Crippen LogP contribution in [0.15, 0.2) is 24.3 Å². The Balaban J connectivity index is 2.53. The van der Waals surface area contributed by atoms with E-state index in [1.165, 1.54) is 0 Å². The molecular weight excluding hydrogens is 460 g/mol. The van der Waals surface area contributed by atoms with Gasteiger partial charge in [-0.15, -0.1) is 0 Å². The van der Waals surface area contributed by atoms with Gasteiger partial charge in [0.15, 0.2) is 17.5 Å². The van der Waals surface area contributed by atoms with Crippen molar-refractivity contribution >= 4 is 87.1 Å². The average molecular weight is 469 g/mol. The first-order valence-corrected chi connectivity index (χ1v) is 9.07. The molecule has 0 bridgehead atoms. The highest BCUT2D eigenvalue weighted by Gasteiger charge is 2.34. The quantitative estimate of drug-likeness (QED) is 0.398. The van der Waals surface area contributed by atoms with Gasteiger partial charge in [-0.2, -0.15) is 0 Å². The zero-order chi connectivity index (χ0) is 18.1. The lowest BCUT2D eigenvalue weighted by Gasteiger charge is -2.16. The van der Waals surface area contributed by atoms with E-state index >= 15 is 0 Å². The maximum atomic E-state index is 6.05. The molecule has 24 heavy (non-hydrogen) atoms. The SMILES string of the molecule is CCN(Cl)c1ccc(-c2nc(C(Cl)(Cl)Cl)nc(C(Cl)(Cl)Cl)n2)cc1. The molecule has 0 radical (unpaired) electrons. The third-order valence-corrected chi connectivity index (χ3v) is 4.27. The number of rotatable bonds is 3. The van der Waals surface area contributed by atoms with E-state index in [9.17, 15) is 0 Å². The van der Waals surface area contributed by atoms with Crippen molar-refractivity contribution in [2.75, 3.05) is 11.0 Å². The van der Waals surface area contributed by atoms with E-state index in [1.807, 2.05) is 6.92 Å². The smallest absolute Gasteiger partial charge is 0.250 e. The minimum Gasteiger partial charge on any atom is -0.286 e. The Kier molecular flexibility index (Phi) is 6.58. The van der Waals surface area contributed by atoms with Gasteiger partial charge in [-0.05, 0) is 31.2 Å². The number of anilines is 1. The number of halogens is 7. The van der Waals surface area contributed by atoms with E-state index < -0.39 is 7.59 Å². The number of hydrogen-bond donors (Lipinski definition) is 0. The third kappa shape index (κ3) is 5.04. The predicted octanol–water partition coefficient (Wildman–Crippen LogP) is 6.17. The minimum atomic E-state index is -1.89. The molecule has 0 spiro atoms. The van der Waals surface area contributed by atoms with Gasteiger partial charge in [0, 0.05) is 23.9 Å². The van der Waals surface area contributed by atoms with E-state index in [2.05, 4.69) is 15.0 Å². The fraction of sp³-hybridized carbons (Fsp3) is 0.308. The Hall–Kier alpha value is 0.0600. The second kappa shape index (κ2) is 7.75. The molecule has 130 valence electrons. The number of nitrogens with zero attached hydrogens (tertiary/aromatic N) is 4. The van der Waals surface area contributed by atoms with Crippen molar-refractivity contribution in [3.8, 4) is 11.4 Å². The lowest BCUT2D eigenvalue weighted by atomic mass is 10.2. The molecule has 2 aromatic rings. The minimum absolute atomic E-state index is 0.143. The maximum Gasteiger partial charge on any atom is 0.250 e. The molecule has 0 unspecified atom stereocenters. The van der Waals surface area contributed by atoms with Crippen LogP contribution in [0.2, 0.25) is 0 Å². The summed E-state index contributed by atoms with van der Waals surface area (Å²) in [5.74, 6) is -0.0809. The monoisotopic (exact) mass is 466 g/mol. The largest absolute Gasteiger partial charge is 0.286 e. The molecule has 0 saturated heterocycles. The van der Waals surface area contributed by atoms with Crippen LogP contribution in [0.3, 0.4) is 0 Å². The van der Waals surface area contributed by atoms with Crippen molar-refractivity contribution in [1.29, 1.82) is 0 Å². The van der Waals surface area contributed by atoms with Crippen molar-refractivity contribution in [1.82, 2.24) is 15.0 Å². The Labute approximate surface area is 174 Å². The molecule has 0 N–H and O–H groups in total. The molecule has 2 rings (SSSR count). The molecule has 0 aliphatic heterocycles. The maximum absolute atomic E-state index is 6.05. The van der Waals surface area contributed by atoms with Crippen molar-refractivity contribution in [2.24, 2.45) is 0 Å². The zero-order valence-electron chi connectivity index (χ0n) is 12.0. The summed E-state index contributed by atoms with van der Waals surface area (Å²) < 4.78 is -2.23. The summed E-state index contributed by atoms with van der Waals surface area (Å²) in [6.45, 7) is 2.56. The van der Waals surface area contributed by atoms with Gasteiger partial charge in [0.05, 0.1) is 5.69 Å². The Morgan fingerprint density at radius 1 is 0.833 bits per heavy atom. The molecule has 4 nitrogen and oxygen atoms in total. The van der Waals surface area contributed by atoms with E-state index in [1.54, 1.807) is 28.7 Å². The molecule has 0 aliphatic rings. The molecule has 11 heteroatoms.